The van der Waals surface area contributed by atoms with Gasteiger partial charge >= 0.3 is 35.8 Å². The third-order valence-electron chi connectivity index (χ3n) is 27.7. The van der Waals surface area contributed by atoms with E-state index in [0.29, 0.717) is 59.0 Å². The maximum absolute atomic E-state index is 11.6. The third kappa shape index (κ3) is 80.3. The summed E-state index contributed by atoms with van der Waals surface area (Å²) in [5, 5.41) is 0. The van der Waals surface area contributed by atoms with E-state index in [1.807, 2.05) is 66.8 Å². The Morgan fingerprint density at radius 2 is 0.727 bits per heavy atom. The first-order valence-corrected chi connectivity index (χ1v) is 59.2. The molecule has 0 radical (unpaired) electrons. The number of hydrogen-bond acceptors (Lipinski definition) is 32. The zero-order valence-corrected chi connectivity index (χ0v) is 98.1. The van der Waals surface area contributed by atoms with Gasteiger partial charge in [-0.05, 0) is 274 Å². The zero-order chi connectivity index (χ0) is 110. The van der Waals surface area contributed by atoms with Gasteiger partial charge in [0.15, 0.2) is 0 Å². The summed E-state index contributed by atoms with van der Waals surface area (Å²) in [5.41, 5.74) is 1.34. The molecule has 13 aliphatic rings. The molecular weight excluding hydrogens is 1900 g/mol. The fourth-order valence-electron chi connectivity index (χ4n) is 18.7. The lowest BCUT2D eigenvalue weighted by molar-refractivity contribution is -0.150. The Bertz CT molecular complexity index is 3300. The van der Waals surface area contributed by atoms with Crippen molar-refractivity contribution in [3.8, 4) is 0 Å². The van der Waals surface area contributed by atoms with Gasteiger partial charge in [0.05, 0.1) is 169 Å². The van der Waals surface area contributed by atoms with Crippen LogP contribution in [0.15, 0.2) is 67.8 Å². The third-order valence-corrected chi connectivity index (χ3v) is 27.7. The molecule has 32 heteroatoms. The first kappa shape index (κ1) is 141. The number of allylic oxidation sites excluding steroid dienone is 2. The van der Waals surface area contributed by atoms with E-state index in [9.17, 15) is 28.8 Å². The van der Waals surface area contributed by atoms with Crippen LogP contribution in [0.5, 0.6) is 0 Å². The Morgan fingerprint density at radius 3 is 1.15 bits per heavy atom. The highest BCUT2D eigenvalue weighted by Gasteiger charge is 2.29. The molecule has 1 aromatic rings. The Labute approximate surface area is 914 Å². The quantitative estimate of drug-likeness (QED) is 0.0259. The van der Waals surface area contributed by atoms with Crippen LogP contribution in [0, 0.1) is 29.6 Å². The number of likely N-dealkylation sites (N-methyl/N-ethyl adjacent to an activating group) is 2. The van der Waals surface area contributed by atoms with Crippen LogP contribution in [0.3, 0.4) is 0 Å². The van der Waals surface area contributed by atoms with Gasteiger partial charge in [0.2, 0.25) is 0 Å². The minimum absolute atomic E-state index is 0.00870. The molecule has 13 aliphatic heterocycles. The summed E-state index contributed by atoms with van der Waals surface area (Å²) in [4.78, 5) is 98.0. The van der Waals surface area contributed by atoms with Crippen LogP contribution in [0.25, 0.3) is 0 Å². The largest absolute Gasteiger partial charge is 0.466 e. The van der Waals surface area contributed by atoms with Gasteiger partial charge in [-0.3, -0.25) is 68.0 Å². The Balaban J connectivity index is 0.000000552. The maximum atomic E-state index is 11.6. The smallest absolute Gasteiger partial charge is 0.320 e. The zero-order valence-electron chi connectivity index (χ0n) is 98.1. The first-order chi connectivity index (χ1) is 73.0. The average molecular weight is 2130 g/mol. The molecule has 1 aromatic carbocycles. The van der Waals surface area contributed by atoms with Crippen LogP contribution in [-0.2, 0) is 96.9 Å². The molecular formula is C118H223N13O19. The van der Waals surface area contributed by atoms with Crippen molar-refractivity contribution < 1.29 is 90.3 Å². The minimum atomic E-state index is -0.0839. The lowest BCUT2D eigenvalue weighted by Crippen LogP contribution is -2.38. The second-order valence-electron chi connectivity index (χ2n) is 41.2. The highest BCUT2D eigenvalue weighted by atomic mass is 16.6. The van der Waals surface area contributed by atoms with Gasteiger partial charge in [0.25, 0.3) is 0 Å². The Kier molecular flexibility index (Phi) is 92.8. The normalized spacial score (nSPS) is 21.0. The summed E-state index contributed by atoms with van der Waals surface area (Å²) in [6.45, 7) is 86.2. The van der Waals surface area contributed by atoms with Crippen molar-refractivity contribution in [2.24, 2.45) is 29.6 Å². The van der Waals surface area contributed by atoms with Crippen molar-refractivity contribution in [1.82, 2.24) is 63.7 Å². The van der Waals surface area contributed by atoms with Gasteiger partial charge in [0, 0.05) is 144 Å². The van der Waals surface area contributed by atoms with Gasteiger partial charge in [-0.1, -0.05) is 128 Å². The molecule has 0 bridgehead atoms. The van der Waals surface area contributed by atoms with E-state index >= 15 is 0 Å². The van der Waals surface area contributed by atoms with Crippen molar-refractivity contribution in [2.75, 3.05) is 382 Å². The highest BCUT2D eigenvalue weighted by Crippen LogP contribution is 2.23. The van der Waals surface area contributed by atoms with E-state index < -0.39 is 0 Å². The summed E-state index contributed by atoms with van der Waals surface area (Å²) in [6.07, 6.45) is 35.9. The number of morpholine rings is 7. The van der Waals surface area contributed by atoms with Gasteiger partial charge < -0.3 is 86.1 Å². The number of piperidine rings is 6. The van der Waals surface area contributed by atoms with E-state index in [2.05, 4.69) is 169 Å². The predicted molar refractivity (Wildman–Crippen MR) is 610 cm³/mol. The lowest BCUT2D eigenvalue weighted by Gasteiger charge is -2.30. The van der Waals surface area contributed by atoms with Crippen molar-refractivity contribution in [1.29, 1.82) is 0 Å². The summed E-state index contributed by atoms with van der Waals surface area (Å²) in [5.74, 6) is 1.69. The summed E-state index contributed by atoms with van der Waals surface area (Å²) >= 11 is 0. The molecule has 13 heterocycles. The standard InChI is InChI=1S/C15H21NO2.C12H21NO.C11H21NO2.C10H19NO2.3C9H17NO2.C9H19NO.2C8H17NO.C7H13NO.C6H13NO.C5H11NO/c1-2-18-15(17)14-8-10-16(11-9-14)12-13-6-4-3-5-7-13;1-2-3-4-5-6-7-8-13-9-11-14-12-10-13;1-3-14-11(13)6-8-12-7-4-5-10(2)9-12;1-2-13-10(12)6-9-11-7-4-3-5-8-11;1-3-12-9(11)8-4-6-10(2)7-5-8;1-3-12-9(11)8-5-4-6-10(2)7-8;1-2-12-9(11)8-10-6-4-3-5-7-10;1-2-3-4-5-10-6-8-11-9-7-10;1-8(2)7-9-3-5-10-6-4-9;1-2-3-4-9-5-7-10-8-6-9;1-2-3-8-4-6-9-7-5-8;1-2-7-3-5-8-6-4-7;1-6-2-4-7-5-3-6/h3-7,14H,2,8-12H2,1H3;2,6-7H,1,3-5,8-12H2;10H,3-9H2,1-2H3;2-9H2,1H3;2*8H,3-7H2,1-2H3;2-8H2,1H3;2-9H2,1H3;8H,3-7H2,1-2H3;2-8H2,1H3;2H,1,3-7H2;2-6H2,1H3;2-5H2,1H3/b;7-6+;;;;;;;;;;;. The number of carbonyl (C=O) groups is 6. The van der Waals surface area contributed by atoms with Gasteiger partial charge in [-0.15, -0.1) is 13.2 Å². The topological polar surface area (TPSA) is 265 Å². The van der Waals surface area contributed by atoms with Crippen molar-refractivity contribution in [3.05, 3.63) is 73.4 Å². The van der Waals surface area contributed by atoms with Crippen LogP contribution >= 0.6 is 0 Å². The predicted octanol–water partition coefficient (Wildman–Crippen LogP) is 15.0. The monoisotopic (exact) mass is 2130 g/mol. The van der Waals surface area contributed by atoms with Crippen molar-refractivity contribution in [3.63, 3.8) is 0 Å². The average Bonchev–Trinajstić information content (AvgIpc) is 0.872. The molecule has 2 unspecified atom stereocenters. The molecule has 874 valence electrons. The van der Waals surface area contributed by atoms with E-state index in [1.54, 1.807) is 0 Å². The number of nitrogens with zero attached hydrogens (tertiary/aromatic N) is 13. The Hall–Kier alpha value is -5.54. The van der Waals surface area contributed by atoms with E-state index in [0.717, 1.165) is 352 Å². The maximum Gasteiger partial charge on any atom is 0.320 e. The minimum Gasteiger partial charge on any atom is -0.466 e. The summed E-state index contributed by atoms with van der Waals surface area (Å²) < 4.78 is 66.1. The molecule has 0 aromatic heterocycles. The van der Waals surface area contributed by atoms with E-state index in [1.165, 1.54) is 128 Å². The van der Waals surface area contributed by atoms with Crippen LogP contribution in [0.4, 0.5) is 0 Å². The van der Waals surface area contributed by atoms with Crippen LogP contribution in [-0.4, -0.2) is 482 Å². The molecule has 0 spiro atoms. The number of rotatable bonds is 37. The SMILES string of the molecule is C=CCCC/C=C/CN1CCOCC1.C=CCN1CCOCC1.CC(C)CN1CCOCC1.CCCCCN1CCOCC1.CCCCN1CCOCC1.CCN1CCOCC1.CCOC(=O)C1CCCN(C)C1.CCOC(=O)C1CCN(C)CC1.CCOC(=O)C1CCN(Cc2ccccc2)CC1.CCOC(=O)CCN1CCCC(C)C1.CCOC(=O)CCN1CCCCC1.CCOC(=O)CN1CCCCC1.CN1CCOCC1. The number of benzene rings is 1. The van der Waals surface area contributed by atoms with E-state index in [-0.39, 0.29) is 53.6 Å². The number of hydrogen-bond donors (Lipinski definition) is 0. The second kappa shape index (κ2) is 99.0. The highest BCUT2D eigenvalue weighted by molar-refractivity contribution is 5.74. The molecule has 13 saturated heterocycles. The fraction of sp³-hybridized carbons (Fsp3) is 0.847. The number of unbranched alkanes of at least 4 members (excludes halogenated alkanes) is 5. The lowest BCUT2D eigenvalue weighted by atomic mass is 9.96. The van der Waals surface area contributed by atoms with Gasteiger partial charge in [0.1, 0.15) is 0 Å². The van der Waals surface area contributed by atoms with E-state index in [4.69, 9.17) is 61.6 Å². The first-order valence-electron chi connectivity index (χ1n) is 59.2. The molecule has 14 rings (SSSR count). The molecule has 2 atom stereocenters. The van der Waals surface area contributed by atoms with Crippen molar-refractivity contribution >= 4 is 35.8 Å². The Morgan fingerprint density at radius 1 is 0.333 bits per heavy atom. The molecule has 0 N–H and O–H groups in total. The van der Waals surface area contributed by atoms with Crippen LogP contribution in [0.1, 0.15) is 243 Å². The fourth-order valence-corrected chi connectivity index (χ4v) is 18.7. The second-order valence-corrected chi connectivity index (χ2v) is 41.2. The van der Waals surface area contributed by atoms with Crippen LogP contribution in [0.2, 0.25) is 0 Å². The molecule has 0 amide bonds. The summed E-state index contributed by atoms with van der Waals surface area (Å²) in [6, 6.07) is 10.5. The number of ether oxygens (including phenoxy) is 13. The van der Waals surface area contributed by atoms with Gasteiger partial charge in [-0.25, -0.2) is 0 Å². The number of esters is 6. The van der Waals surface area contributed by atoms with Gasteiger partial charge in [-0.2, -0.15) is 0 Å². The molecule has 13 fully saturated rings. The number of likely N-dealkylation sites (tertiary alicyclic amines) is 6. The summed E-state index contributed by atoms with van der Waals surface area (Å²) in [7, 11) is 6.25. The molecule has 0 saturated carbocycles. The molecule has 0 aliphatic carbocycles. The number of carbonyl (C=O) groups excluding carboxylic acids is 6. The molecule has 150 heavy (non-hydrogen) atoms. The molecule has 32 nitrogen and oxygen atoms in total. The van der Waals surface area contributed by atoms with Crippen molar-refractivity contribution in [2.45, 2.75) is 244 Å². The van der Waals surface area contributed by atoms with Crippen LogP contribution < -0.4 is 0 Å².